The maximum atomic E-state index is 11.5. The monoisotopic (exact) mass is 289 g/mol. The van der Waals surface area contributed by atoms with Crippen molar-refractivity contribution in [1.29, 1.82) is 0 Å². The van der Waals surface area contributed by atoms with Crippen LogP contribution in [-0.4, -0.2) is 41.7 Å². The maximum absolute atomic E-state index is 11.5. The summed E-state index contributed by atoms with van der Waals surface area (Å²) in [6, 6.07) is 8.87. The van der Waals surface area contributed by atoms with E-state index in [-0.39, 0.29) is 17.9 Å². The molecular weight excluding hydrogens is 274 g/mol. The number of nitrogens with zero attached hydrogens (tertiary/aromatic N) is 1. The minimum Gasteiger partial charge on any atom is -0.479 e. The molecular formula is C14H15N3O4. The third kappa shape index (κ3) is 3.26. The number of carboxylic acids is 1. The number of nitrogens with one attached hydrogen (secondary N) is 1. The molecule has 0 aliphatic heterocycles. The number of amides is 1. The molecule has 7 heteroatoms. The average molecular weight is 289 g/mol. The van der Waals surface area contributed by atoms with Crippen LogP contribution in [0.2, 0.25) is 0 Å². The molecule has 1 unspecified atom stereocenters. The molecule has 7 nitrogen and oxygen atoms in total. The second kappa shape index (κ2) is 6.19. The van der Waals surface area contributed by atoms with Gasteiger partial charge in [-0.2, -0.15) is 0 Å². The Labute approximate surface area is 120 Å². The normalized spacial score (nSPS) is 12.0. The molecule has 1 aromatic carbocycles. The highest BCUT2D eigenvalue weighted by Gasteiger charge is 2.18. The number of primary amides is 1. The Morgan fingerprint density at radius 1 is 1.43 bits per heavy atom. The van der Waals surface area contributed by atoms with E-state index in [9.17, 15) is 9.59 Å². The van der Waals surface area contributed by atoms with E-state index < -0.39 is 18.0 Å². The first kappa shape index (κ1) is 14.7. The number of para-hydroxylation sites is 1. The van der Waals surface area contributed by atoms with Gasteiger partial charge in [-0.3, -0.25) is 4.79 Å². The van der Waals surface area contributed by atoms with Gasteiger partial charge in [0.15, 0.2) is 6.10 Å². The van der Waals surface area contributed by atoms with Crippen LogP contribution < -0.4 is 11.1 Å². The van der Waals surface area contributed by atoms with Gasteiger partial charge in [0.25, 0.3) is 5.91 Å². The Balaban J connectivity index is 2.34. The number of anilines is 1. The van der Waals surface area contributed by atoms with Gasteiger partial charge in [-0.15, -0.1) is 0 Å². The van der Waals surface area contributed by atoms with E-state index in [1.165, 1.54) is 7.11 Å². The van der Waals surface area contributed by atoms with Crippen molar-refractivity contribution in [3.8, 4) is 0 Å². The zero-order valence-electron chi connectivity index (χ0n) is 11.4. The summed E-state index contributed by atoms with van der Waals surface area (Å²) in [5.74, 6) is -1.50. The number of fused-ring (bicyclic) bond motifs is 1. The van der Waals surface area contributed by atoms with Crippen molar-refractivity contribution in [3.05, 3.63) is 35.9 Å². The Hall–Kier alpha value is -2.67. The molecule has 0 aliphatic carbocycles. The molecule has 0 fully saturated rings. The van der Waals surface area contributed by atoms with Crippen LogP contribution in [0.25, 0.3) is 10.9 Å². The number of rotatable bonds is 6. The number of ether oxygens (including phenoxy) is 1. The Morgan fingerprint density at radius 3 is 2.76 bits per heavy atom. The lowest BCUT2D eigenvalue weighted by Crippen LogP contribution is -2.31. The number of methoxy groups -OCH3 is 1. The fourth-order valence-corrected chi connectivity index (χ4v) is 1.90. The highest BCUT2D eigenvalue weighted by atomic mass is 16.5. The zero-order chi connectivity index (χ0) is 15.4. The standard InChI is InChI=1S/C14H15N3O4/c1-21-11(14(19)20)7-16-13-9(12(15)18)6-8-4-2-3-5-10(8)17-13/h2-6,11H,7H2,1H3,(H2,15,18)(H,16,17)(H,19,20). The van der Waals surface area contributed by atoms with Crippen molar-refractivity contribution in [2.24, 2.45) is 5.73 Å². The first-order valence-corrected chi connectivity index (χ1v) is 6.22. The van der Waals surface area contributed by atoms with Gasteiger partial charge in [0.1, 0.15) is 5.82 Å². The van der Waals surface area contributed by atoms with Gasteiger partial charge in [-0.25, -0.2) is 9.78 Å². The predicted octanol–water partition coefficient (Wildman–Crippen LogP) is 0.845. The van der Waals surface area contributed by atoms with Crippen molar-refractivity contribution < 1.29 is 19.4 Å². The summed E-state index contributed by atoms with van der Waals surface area (Å²) in [5, 5.41) is 12.5. The van der Waals surface area contributed by atoms with Crippen LogP contribution in [0.4, 0.5) is 5.82 Å². The molecule has 0 spiro atoms. The van der Waals surface area contributed by atoms with Gasteiger partial charge in [-0.1, -0.05) is 18.2 Å². The molecule has 0 saturated heterocycles. The van der Waals surface area contributed by atoms with Crippen LogP contribution >= 0.6 is 0 Å². The minimum absolute atomic E-state index is 0.0303. The lowest BCUT2D eigenvalue weighted by atomic mass is 10.1. The number of hydrogen-bond acceptors (Lipinski definition) is 5. The Kier molecular flexibility index (Phi) is 4.34. The minimum atomic E-state index is -1.11. The molecule has 0 bridgehead atoms. The van der Waals surface area contributed by atoms with Gasteiger partial charge < -0.3 is 20.9 Å². The zero-order valence-corrected chi connectivity index (χ0v) is 11.4. The van der Waals surface area contributed by atoms with Crippen LogP contribution in [0, 0.1) is 0 Å². The number of aliphatic carboxylic acids is 1. The number of hydrogen-bond donors (Lipinski definition) is 3. The van der Waals surface area contributed by atoms with E-state index >= 15 is 0 Å². The third-order valence-electron chi connectivity index (χ3n) is 3.00. The van der Waals surface area contributed by atoms with Crippen molar-refractivity contribution in [2.75, 3.05) is 19.0 Å². The highest BCUT2D eigenvalue weighted by molar-refractivity contribution is 6.01. The van der Waals surface area contributed by atoms with E-state index in [1.54, 1.807) is 12.1 Å². The second-order valence-electron chi connectivity index (χ2n) is 4.38. The highest BCUT2D eigenvalue weighted by Crippen LogP contribution is 2.20. The lowest BCUT2D eigenvalue weighted by Gasteiger charge is -2.14. The SMILES string of the molecule is COC(CNc1nc2ccccc2cc1C(N)=O)C(=O)O. The van der Waals surface area contributed by atoms with E-state index in [4.69, 9.17) is 15.6 Å². The maximum Gasteiger partial charge on any atom is 0.334 e. The molecule has 1 amide bonds. The molecule has 2 rings (SSSR count). The van der Waals surface area contributed by atoms with Gasteiger partial charge >= 0.3 is 5.97 Å². The molecule has 1 heterocycles. The largest absolute Gasteiger partial charge is 0.479 e. The number of nitrogens with two attached hydrogens (primary N) is 1. The van der Waals surface area contributed by atoms with Crippen LogP contribution in [0.3, 0.4) is 0 Å². The van der Waals surface area contributed by atoms with E-state index in [0.29, 0.717) is 5.52 Å². The summed E-state index contributed by atoms with van der Waals surface area (Å²) in [6.07, 6.45) is -1.04. The van der Waals surface area contributed by atoms with Crippen molar-refractivity contribution in [2.45, 2.75) is 6.10 Å². The number of carbonyl (C=O) groups excluding carboxylic acids is 1. The van der Waals surface area contributed by atoms with Crippen LogP contribution in [0.15, 0.2) is 30.3 Å². The topological polar surface area (TPSA) is 115 Å². The van der Waals surface area contributed by atoms with Gasteiger partial charge in [0, 0.05) is 12.5 Å². The Morgan fingerprint density at radius 2 is 2.14 bits per heavy atom. The molecule has 4 N–H and O–H groups in total. The van der Waals surface area contributed by atoms with E-state index in [1.807, 2.05) is 18.2 Å². The second-order valence-corrected chi connectivity index (χ2v) is 4.38. The molecule has 110 valence electrons. The average Bonchev–Trinajstić information content (AvgIpc) is 2.46. The summed E-state index contributed by atoms with van der Waals surface area (Å²) in [4.78, 5) is 26.7. The molecule has 0 saturated carbocycles. The first-order chi connectivity index (χ1) is 10.0. The number of pyridine rings is 1. The summed E-state index contributed by atoms with van der Waals surface area (Å²) < 4.78 is 4.82. The number of aromatic nitrogens is 1. The van der Waals surface area contributed by atoms with Crippen LogP contribution in [-0.2, 0) is 9.53 Å². The molecule has 2 aromatic rings. The predicted molar refractivity (Wildman–Crippen MR) is 77.2 cm³/mol. The van der Waals surface area contributed by atoms with E-state index in [2.05, 4.69) is 10.3 Å². The smallest absolute Gasteiger partial charge is 0.334 e. The van der Waals surface area contributed by atoms with Gasteiger partial charge in [0.05, 0.1) is 17.6 Å². The van der Waals surface area contributed by atoms with Crippen molar-refractivity contribution >= 4 is 28.6 Å². The quantitative estimate of drug-likeness (QED) is 0.726. The van der Waals surface area contributed by atoms with Crippen molar-refractivity contribution in [3.63, 3.8) is 0 Å². The number of carboxylic acid groups (broad SMARTS) is 1. The van der Waals surface area contributed by atoms with E-state index in [0.717, 1.165) is 5.39 Å². The summed E-state index contributed by atoms with van der Waals surface area (Å²) in [5.41, 5.74) is 6.22. The number of benzene rings is 1. The summed E-state index contributed by atoms with van der Waals surface area (Å²) >= 11 is 0. The fraction of sp³-hybridized carbons (Fsp3) is 0.214. The lowest BCUT2D eigenvalue weighted by molar-refractivity contribution is -0.147. The van der Waals surface area contributed by atoms with Crippen LogP contribution in [0.5, 0.6) is 0 Å². The summed E-state index contributed by atoms with van der Waals surface area (Å²) in [7, 11) is 1.29. The summed E-state index contributed by atoms with van der Waals surface area (Å²) in [6.45, 7) is -0.0303. The van der Waals surface area contributed by atoms with Gasteiger partial charge in [-0.05, 0) is 12.1 Å². The molecule has 0 aliphatic rings. The molecule has 1 aromatic heterocycles. The first-order valence-electron chi connectivity index (χ1n) is 6.22. The van der Waals surface area contributed by atoms with Crippen LogP contribution in [0.1, 0.15) is 10.4 Å². The van der Waals surface area contributed by atoms with Crippen molar-refractivity contribution in [1.82, 2.24) is 4.98 Å². The molecule has 1 atom stereocenters. The van der Waals surface area contributed by atoms with Gasteiger partial charge in [0.2, 0.25) is 0 Å². The Bertz CT molecular complexity index is 687. The molecule has 21 heavy (non-hydrogen) atoms. The third-order valence-corrected chi connectivity index (χ3v) is 3.00. The number of carbonyl (C=O) groups is 2. The fourth-order valence-electron chi connectivity index (χ4n) is 1.90. The molecule has 0 radical (unpaired) electrons.